The Morgan fingerprint density at radius 2 is 2.00 bits per heavy atom. The van der Waals surface area contributed by atoms with Crippen LogP contribution in [0.25, 0.3) is 22.7 Å². The molecule has 2 aromatic carbocycles. The molecule has 34 heavy (non-hydrogen) atoms. The minimum absolute atomic E-state index is 0.0154. The number of rotatable bonds is 6. The van der Waals surface area contributed by atoms with E-state index in [1.807, 2.05) is 30.3 Å². The quantitative estimate of drug-likeness (QED) is 0.367. The van der Waals surface area contributed by atoms with E-state index in [0.717, 1.165) is 47.7 Å². The number of benzene rings is 2. The molecular formula is C25H24Cl2N4O3. The van der Waals surface area contributed by atoms with Crippen LogP contribution >= 0.6 is 23.2 Å². The molecule has 1 aliphatic rings. The Kier molecular flexibility index (Phi) is 6.10. The van der Waals surface area contributed by atoms with E-state index in [1.54, 1.807) is 26.3 Å². The predicted molar refractivity (Wildman–Crippen MR) is 130 cm³/mol. The van der Waals surface area contributed by atoms with Gasteiger partial charge in [-0.05, 0) is 49.1 Å². The number of aromatic nitrogens is 4. The van der Waals surface area contributed by atoms with Gasteiger partial charge in [0.1, 0.15) is 11.6 Å². The van der Waals surface area contributed by atoms with Crippen LogP contribution in [0.5, 0.6) is 5.75 Å². The Hall–Kier alpha value is -2.87. The van der Waals surface area contributed by atoms with Gasteiger partial charge in [-0.15, -0.1) is 10.2 Å². The highest BCUT2D eigenvalue weighted by Crippen LogP contribution is 2.45. The normalized spacial score (nSPS) is 17.6. The first kappa shape index (κ1) is 22.9. The first-order chi connectivity index (χ1) is 16.5. The van der Waals surface area contributed by atoms with Gasteiger partial charge in [0.15, 0.2) is 17.5 Å². The summed E-state index contributed by atoms with van der Waals surface area (Å²) in [6, 6.07) is 11.5. The van der Waals surface area contributed by atoms with Crippen LogP contribution in [0.1, 0.15) is 36.5 Å². The van der Waals surface area contributed by atoms with Gasteiger partial charge >= 0.3 is 0 Å². The van der Waals surface area contributed by atoms with Crippen LogP contribution in [0, 0.1) is 6.92 Å². The SMILES string of the molecule is COc1cc(-c2nnc3n2CCCC3(CCO)c2ccc(Cl)c(Cl)c2)ccc1-c1cnc(C)o1. The summed E-state index contributed by atoms with van der Waals surface area (Å²) in [7, 11) is 1.63. The summed E-state index contributed by atoms with van der Waals surface area (Å²) >= 11 is 12.5. The summed E-state index contributed by atoms with van der Waals surface area (Å²) in [5, 5.41) is 20.2. The lowest BCUT2D eigenvalue weighted by Crippen LogP contribution is -2.36. The summed E-state index contributed by atoms with van der Waals surface area (Å²) in [6.45, 7) is 2.60. The molecule has 1 N–H and O–H groups in total. The van der Waals surface area contributed by atoms with Crippen LogP contribution in [0.4, 0.5) is 0 Å². The number of fused-ring (bicyclic) bond motifs is 1. The van der Waals surface area contributed by atoms with Gasteiger partial charge in [-0.2, -0.15) is 0 Å². The number of hydrogen-bond donors (Lipinski definition) is 1. The molecule has 2 aromatic heterocycles. The fourth-order valence-electron chi connectivity index (χ4n) is 4.89. The van der Waals surface area contributed by atoms with E-state index in [-0.39, 0.29) is 6.61 Å². The molecule has 0 aliphatic carbocycles. The van der Waals surface area contributed by atoms with E-state index in [1.165, 1.54) is 0 Å². The molecule has 9 heteroatoms. The van der Waals surface area contributed by atoms with Crippen LogP contribution < -0.4 is 4.74 Å². The molecule has 0 fully saturated rings. The molecule has 0 saturated heterocycles. The molecule has 7 nitrogen and oxygen atoms in total. The Balaban J connectivity index is 1.61. The van der Waals surface area contributed by atoms with E-state index >= 15 is 0 Å². The van der Waals surface area contributed by atoms with Crippen molar-refractivity contribution in [1.29, 1.82) is 0 Å². The van der Waals surface area contributed by atoms with Gasteiger partial charge in [-0.1, -0.05) is 35.3 Å². The van der Waals surface area contributed by atoms with E-state index in [0.29, 0.717) is 33.9 Å². The first-order valence-corrected chi connectivity index (χ1v) is 11.8. The Labute approximate surface area is 207 Å². The van der Waals surface area contributed by atoms with Gasteiger partial charge < -0.3 is 18.8 Å². The molecule has 1 unspecified atom stereocenters. The summed E-state index contributed by atoms with van der Waals surface area (Å²) in [5.41, 5.74) is 2.16. The Morgan fingerprint density at radius 1 is 1.15 bits per heavy atom. The third kappa shape index (κ3) is 3.78. The van der Waals surface area contributed by atoms with Crippen molar-refractivity contribution in [2.45, 2.75) is 38.1 Å². The maximum Gasteiger partial charge on any atom is 0.191 e. The molecule has 176 valence electrons. The number of aliphatic hydroxyl groups is 1. The molecule has 0 spiro atoms. The van der Waals surface area contributed by atoms with Crippen LogP contribution in [0.3, 0.4) is 0 Å². The highest BCUT2D eigenvalue weighted by molar-refractivity contribution is 6.42. The lowest BCUT2D eigenvalue weighted by atomic mass is 9.72. The molecule has 0 radical (unpaired) electrons. The van der Waals surface area contributed by atoms with Crippen LogP contribution in [0.15, 0.2) is 47.0 Å². The molecule has 1 aliphatic heterocycles. The van der Waals surface area contributed by atoms with Gasteiger partial charge in [0, 0.05) is 25.6 Å². The van der Waals surface area contributed by atoms with Gasteiger partial charge in [0.05, 0.1) is 34.3 Å². The van der Waals surface area contributed by atoms with Crippen molar-refractivity contribution < 1.29 is 14.3 Å². The average molecular weight is 499 g/mol. The van der Waals surface area contributed by atoms with Crippen molar-refractivity contribution in [2.75, 3.05) is 13.7 Å². The van der Waals surface area contributed by atoms with Gasteiger partial charge in [-0.3, -0.25) is 0 Å². The van der Waals surface area contributed by atoms with E-state index in [2.05, 4.69) is 19.7 Å². The number of aliphatic hydroxyl groups excluding tert-OH is 1. The smallest absolute Gasteiger partial charge is 0.191 e. The van der Waals surface area contributed by atoms with Gasteiger partial charge in [-0.25, -0.2) is 4.98 Å². The van der Waals surface area contributed by atoms with Crippen LogP contribution in [-0.4, -0.2) is 38.6 Å². The Morgan fingerprint density at radius 3 is 2.71 bits per heavy atom. The third-order valence-corrected chi connectivity index (χ3v) is 7.26. The molecule has 4 aromatic rings. The van der Waals surface area contributed by atoms with Crippen LogP contribution in [-0.2, 0) is 12.0 Å². The third-order valence-electron chi connectivity index (χ3n) is 6.52. The topological polar surface area (TPSA) is 86.2 Å². The summed E-state index contributed by atoms with van der Waals surface area (Å²) in [4.78, 5) is 4.19. The number of ether oxygens (including phenoxy) is 1. The second-order valence-corrected chi connectivity index (χ2v) is 9.26. The highest BCUT2D eigenvalue weighted by atomic mass is 35.5. The Bertz CT molecular complexity index is 1350. The highest BCUT2D eigenvalue weighted by Gasteiger charge is 2.42. The molecule has 1 atom stereocenters. The minimum Gasteiger partial charge on any atom is -0.496 e. The number of halogens is 2. The monoisotopic (exact) mass is 498 g/mol. The molecule has 0 saturated carbocycles. The van der Waals surface area contributed by atoms with Crippen molar-refractivity contribution in [1.82, 2.24) is 19.7 Å². The number of methoxy groups -OCH3 is 1. The zero-order valence-electron chi connectivity index (χ0n) is 18.9. The standard InChI is InChI=1S/C25H24Cl2N4O3/c1-15-28-14-22(34-15)18-6-4-16(12-21(18)33-2)23-29-30-24-25(9-11-32,8-3-10-31(23)24)17-5-7-19(26)20(27)13-17/h4-7,12-14,32H,3,8-11H2,1-2H3. The zero-order valence-corrected chi connectivity index (χ0v) is 20.4. The van der Waals surface area contributed by atoms with E-state index in [4.69, 9.17) is 32.4 Å². The molecular weight excluding hydrogens is 475 g/mol. The summed E-state index contributed by atoms with van der Waals surface area (Å²) in [5.74, 6) is 3.46. The number of aryl methyl sites for hydroxylation is 1. The first-order valence-electron chi connectivity index (χ1n) is 11.1. The minimum atomic E-state index is -0.506. The average Bonchev–Trinajstić information content (AvgIpc) is 3.47. The molecule has 0 bridgehead atoms. The van der Waals surface area contributed by atoms with Gasteiger partial charge in [0.25, 0.3) is 0 Å². The lowest BCUT2D eigenvalue weighted by molar-refractivity contribution is 0.226. The largest absolute Gasteiger partial charge is 0.496 e. The predicted octanol–water partition coefficient (Wildman–Crippen LogP) is 5.69. The van der Waals surface area contributed by atoms with Gasteiger partial charge in [0.2, 0.25) is 0 Å². The lowest BCUT2D eigenvalue weighted by Gasteiger charge is -2.37. The number of hydrogen-bond acceptors (Lipinski definition) is 6. The van der Waals surface area contributed by atoms with Crippen molar-refractivity contribution in [3.63, 3.8) is 0 Å². The molecule has 3 heterocycles. The zero-order chi connectivity index (χ0) is 23.9. The van der Waals surface area contributed by atoms with Crippen molar-refractivity contribution in [2.24, 2.45) is 0 Å². The number of oxazole rings is 1. The molecule has 0 amide bonds. The van der Waals surface area contributed by atoms with Crippen molar-refractivity contribution in [3.05, 3.63) is 69.9 Å². The maximum atomic E-state index is 9.98. The molecule has 5 rings (SSSR count). The maximum absolute atomic E-state index is 9.98. The second-order valence-electron chi connectivity index (χ2n) is 8.45. The fourth-order valence-corrected chi connectivity index (χ4v) is 5.19. The fraction of sp³-hybridized carbons (Fsp3) is 0.320. The van der Waals surface area contributed by atoms with E-state index < -0.39 is 5.41 Å². The van der Waals surface area contributed by atoms with Crippen molar-refractivity contribution >= 4 is 23.2 Å². The second kappa shape index (κ2) is 9.06. The van der Waals surface area contributed by atoms with E-state index in [9.17, 15) is 5.11 Å². The summed E-state index contributed by atoms with van der Waals surface area (Å²) < 4.78 is 13.5. The number of nitrogens with zero attached hydrogens (tertiary/aromatic N) is 4. The van der Waals surface area contributed by atoms with Crippen molar-refractivity contribution in [3.8, 4) is 28.5 Å². The summed E-state index contributed by atoms with van der Waals surface area (Å²) in [6.07, 6.45) is 3.93. The van der Waals surface area contributed by atoms with Crippen LogP contribution in [0.2, 0.25) is 10.0 Å².